The molecule has 34 heavy (non-hydrogen) atoms. The number of nitrogens with one attached hydrogen (secondary N) is 3. The molecule has 1 amide bonds. The molecule has 3 N–H and O–H groups in total. The van der Waals surface area contributed by atoms with Crippen molar-refractivity contribution in [1.29, 1.82) is 5.26 Å². The van der Waals surface area contributed by atoms with Crippen LogP contribution in [0.25, 0.3) is 10.9 Å². The van der Waals surface area contributed by atoms with Crippen LogP contribution >= 0.6 is 0 Å². The van der Waals surface area contributed by atoms with Crippen molar-refractivity contribution in [2.45, 2.75) is 19.4 Å². The van der Waals surface area contributed by atoms with Gasteiger partial charge in [-0.05, 0) is 48.7 Å². The molecule has 0 spiro atoms. The highest BCUT2D eigenvalue weighted by atomic mass is 16.1. The van der Waals surface area contributed by atoms with Crippen molar-refractivity contribution in [2.24, 2.45) is 0 Å². The molecule has 0 aliphatic heterocycles. The predicted molar refractivity (Wildman–Crippen MR) is 133 cm³/mol. The van der Waals surface area contributed by atoms with Crippen molar-refractivity contribution >= 4 is 22.6 Å². The van der Waals surface area contributed by atoms with Crippen LogP contribution in [0.3, 0.4) is 0 Å². The van der Waals surface area contributed by atoms with Crippen molar-refractivity contribution in [3.63, 3.8) is 0 Å². The minimum absolute atomic E-state index is 0.0389. The third kappa shape index (κ3) is 5.06. The van der Waals surface area contributed by atoms with Gasteiger partial charge < -0.3 is 15.6 Å². The number of aromatic amines is 1. The molecule has 1 aromatic heterocycles. The number of amides is 1. The fourth-order valence-corrected chi connectivity index (χ4v) is 4.00. The number of Topliss-reactive ketones (excluding diaryl/α,β-unsaturated/α-hetero) is 1. The van der Waals surface area contributed by atoms with E-state index in [4.69, 9.17) is 5.26 Å². The molecular formula is C28H26N4O2. The summed E-state index contributed by atoms with van der Waals surface area (Å²) in [6.45, 7) is 3.03. The third-order valence-corrected chi connectivity index (χ3v) is 5.79. The average molecular weight is 451 g/mol. The molecule has 0 unspecified atom stereocenters. The van der Waals surface area contributed by atoms with E-state index in [1.807, 2.05) is 55.5 Å². The second-order valence-electron chi connectivity index (χ2n) is 8.04. The lowest BCUT2D eigenvalue weighted by Gasteiger charge is -2.18. The van der Waals surface area contributed by atoms with Gasteiger partial charge in [0.1, 0.15) is 0 Å². The van der Waals surface area contributed by atoms with Crippen LogP contribution in [-0.4, -0.2) is 29.8 Å². The van der Waals surface area contributed by atoms with Gasteiger partial charge in [-0.3, -0.25) is 9.59 Å². The molecular weight excluding hydrogens is 424 g/mol. The number of carbonyl (C=O) groups excluding carboxylic acids is 2. The monoisotopic (exact) mass is 450 g/mol. The molecule has 170 valence electrons. The number of ketones is 1. The van der Waals surface area contributed by atoms with Crippen molar-refractivity contribution in [3.8, 4) is 6.07 Å². The van der Waals surface area contributed by atoms with E-state index in [1.165, 1.54) is 0 Å². The van der Waals surface area contributed by atoms with Crippen molar-refractivity contribution in [2.75, 3.05) is 13.1 Å². The molecule has 6 heteroatoms. The second kappa shape index (κ2) is 10.6. The molecule has 0 aliphatic carbocycles. The number of aromatic nitrogens is 1. The molecule has 0 saturated heterocycles. The minimum Gasteiger partial charge on any atom is -0.360 e. The summed E-state index contributed by atoms with van der Waals surface area (Å²) in [6.07, 6.45) is 2.44. The highest BCUT2D eigenvalue weighted by Crippen LogP contribution is 2.26. The Morgan fingerprint density at radius 2 is 1.79 bits per heavy atom. The number of carbonyl (C=O) groups is 2. The first-order chi connectivity index (χ1) is 16.6. The molecule has 1 atom stereocenters. The predicted octanol–water partition coefficient (Wildman–Crippen LogP) is 4.55. The molecule has 0 radical (unpaired) electrons. The summed E-state index contributed by atoms with van der Waals surface area (Å²) in [5.74, 6) is -0.179. The molecule has 4 rings (SSSR count). The van der Waals surface area contributed by atoms with Gasteiger partial charge in [0.25, 0.3) is 5.91 Å². The summed E-state index contributed by atoms with van der Waals surface area (Å²) in [5.41, 5.74) is 4.49. The smallest absolute Gasteiger partial charge is 0.251 e. The van der Waals surface area contributed by atoms with E-state index in [9.17, 15) is 9.59 Å². The number of nitrogens with zero attached hydrogens (tertiary/aromatic N) is 1. The van der Waals surface area contributed by atoms with Gasteiger partial charge in [0, 0.05) is 41.3 Å². The zero-order valence-electron chi connectivity index (χ0n) is 19.0. The molecule has 3 aromatic carbocycles. The Hall–Kier alpha value is -4.21. The lowest BCUT2D eigenvalue weighted by Crippen LogP contribution is -2.30. The van der Waals surface area contributed by atoms with E-state index in [0.717, 1.165) is 28.5 Å². The summed E-state index contributed by atoms with van der Waals surface area (Å²) in [5, 5.41) is 16.0. The Bertz CT molecular complexity index is 1330. The van der Waals surface area contributed by atoms with Crippen LogP contribution in [0.1, 0.15) is 50.4 Å². The zero-order chi connectivity index (χ0) is 23.9. The number of hydrogen-bond donors (Lipinski definition) is 3. The van der Waals surface area contributed by atoms with Crippen LogP contribution in [-0.2, 0) is 6.42 Å². The van der Waals surface area contributed by atoms with E-state index in [1.54, 1.807) is 30.5 Å². The van der Waals surface area contributed by atoms with Crippen LogP contribution < -0.4 is 10.6 Å². The maximum absolute atomic E-state index is 13.7. The van der Waals surface area contributed by atoms with Gasteiger partial charge in [0.2, 0.25) is 0 Å². The van der Waals surface area contributed by atoms with E-state index in [2.05, 4.69) is 21.7 Å². The maximum Gasteiger partial charge on any atom is 0.251 e. The summed E-state index contributed by atoms with van der Waals surface area (Å²) in [4.78, 5) is 29.0. The Morgan fingerprint density at radius 1 is 1.03 bits per heavy atom. The highest BCUT2D eigenvalue weighted by molar-refractivity contribution is 6.11. The van der Waals surface area contributed by atoms with E-state index in [0.29, 0.717) is 29.8 Å². The van der Waals surface area contributed by atoms with Crippen molar-refractivity contribution in [1.82, 2.24) is 15.6 Å². The van der Waals surface area contributed by atoms with Gasteiger partial charge in [-0.25, -0.2) is 0 Å². The molecule has 1 heterocycles. The molecule has 0 fully saturated rings. The van der Waals surface area contributed by atoms with Gasteiger partial charge >= 0.3 is 0 Å². The van der Waals surface area contributed by atoms with Crippen LogP contribution in [0.5, 0.6) is 0 Å². The van der Waals surface area contributed by atoms with E-state index in [-0.39, 0.29) is 11.7 Å². The zero-order valence-corrected chi connectivity index (χ0v) is 19.0. The van der Waals surface area contributed by atoms with Gasteiger partial charge in [0.05, 0.1) is 17.7 Å². The number of H-pyrrole nitrogens is 1. The normalized spacial score (nSPS) is 11.6. The second-order valence-corrected chi connectivity index (χ2v) is 8.04. The molecule has 6 nitrogen and oxygen atoms in total. The first kappa shape index (κ1) is 23.0. The van der Waals surface area contributed by atoms with E-state index < -0.39 is 6.04 Å². The minimum atomic E-state index is -0.512. The lowest BCUT2D eigenvalue weighted by atomic mass is 9.96. The number of nitriles is 1. The van der Waals surface area contributed by atoms with Gasteiger partial charge in [-0.15, -0.1) is 0 Å². The van der Waals surface area contributed by atoms with Gasteiger partial charge in [-0.1, -0.05) is 48.5 Å². The van der Waals surface area contributed by atoms with Gasteiger partial charge in [0.15, 0.2) is 5.78 Å². The third-order valence-electron chi connectivity index (χ3n) is 5.79. The van der Waals surface area contributed by atoms with Crippen LogP contribution in [0, 0.1) is 11.3 Å². The molecule has 4 aromatic rings. The number of hydrogen-bond acceptors (Lipinski definition) is 4. The topological polar surface area (TPSA) is 97.8 Å². The SMILES string of the molecule is CCNC(=O)c1ccc2c(C(=O)[C@H](NCCc3ccc(C#N)cc3)c3ccccc3)c[nH]c2c1. The quantitative estimate of drug-likeness (QED) is 0.326. The van der Waals surface area contributed by atoms with Crippen LogP contribution in [0.4, 0.5) is 0 Å². The summed E-state index contributed by atoms with van der Waals surface area (Å²) >= 11 is 0. The first-order valence-corrected chi connectivity index (χ1v) is 11.3. The Morgan fingerprint density at radius 3 is 2.50 bits per heavy atom. The fraction of sp³-hybridized carbons (Fsp3) is 0.179. The molecule has 0 aliphatic rings. The summed E-state index contributed by atoms with van der Waals surface area (Å²) in [6, 6.07) is 24.1. The number of fused-ring (bicyclic) bond motifs is 1. The Labute approximate surface area is 198 Å². The largest absolute Gasteiger partial charge is 0.360 e. The molecule has 0 bridgehead atoms. The average Bonchev–Trinajstić information content (AvgIpc) is 3.31. The lowest BCUT2D eigenvalue weighted by molar-refractivity contribution is 0.0941. The summed E-state index contributed by atoms with van der Waals surface area (Å²) in [7, 11) is 0. The Kier molecular flexibility index (Phi) is 7.16. The number of benzene rings is 3. The van der Waals surface area contributed by atoms with Gasteiger partial charge in [-0.2, -0.15) is 5.26 Å². The van der Waals surface area contributed by atoms with Crippen LogP contribution in [0.15, 0.2) is 79.0 Å². The maximum atomic E-state index is 13.7. The number of rotatable bonds is 9. The van der Waals surface area contributed by atoms with Crippen molar-refractivity contribution in [3.05, 3.63) is 107 Å². The van der Waals surface area contributed by atoms with E-state index >= 15 is 0 Å². The Balaban J connectivity index is 1.56. The molecule has 0 saturated carbocycles. The first-order valence-electron chi connectivity index (χ1n) is 11.3. The van der Waals surface area contributed by atoms with Crippen LogP contribution in [0.2, 0.25) is 0 Å². The van der Waals surface area contributed by atoms with Crippen molar-refractivity contribution < 1.29 is 9.59 Å². The highest BCUT2D eigenvalue weighted by Gasteiger charge is 2.24. The fourth-order valence-electron chi connectivity index (χ4n) is 4.00. The summed E-state index contributed by atoms with van der Waals surface area (Å²) < 4.78 is 0. The standard InChI is InChI=1S/C28H26N4O2/c1-2-30-28(34)22-12-13-23-24(18-32-25(23)16-22)27(33)26(21-6-4-3-5-7-21)31-15-14-19-8-10-20(17-29)11-9-19/h3-13,16,18,26,31-32H,2,14-15H2,1H3,(H,30,34)/t26-/m1/s1.